The molecule has 1 fully saturated rings. The smallest absolute Gasteiger partial charge is 0.260 e. The third kappa shape index (κ3) is 5.50. The molecule has 8 nitrogen and oxygen atoms in total. The van der Waals surface area contributed by atoms with Gasteiger partial charge in [0.05, 0.1) is 12.7 Å². The van der Waals surface area contributed by atoms with Gasteiger partial charge >= 0.3 is 0 Å². The van der Waals surface area contributed by atoms with Crippen LogP contribution >= 0.6 is 11.3 Å². The van der Waals surface area contributed by atoms with E-state index in [1.807, 2.05) is 13.0 Å². The lowest BCUT2D eigenvalue weighted by atomic mass is 10.2. The van der Waals surface area contributed by atoms with Crippen molar-refractivity contribution in [2.75, 3.05) is 25.6 Å². The molecular formula is C21H25N3O5S. The van der Waals surface area contributed by atoms with E-state index in [1.54, 1.807) is 29.2 Å². The van der Waals surface area contributed by atoms with E-state index in [-0.39, 0.29) is 37.4 Å². The van der Waals surface area contributed by atoms with Crippen molar-refractivity contribution in [2.45, 2.75) is 32.2 Å². The van der Waals surface area contributed by atoms with Crippen molar-refractivity contribution < 1.29 is 23.9 Å². The number of amides is 3. The first-order chi connectivity index (χ1) is 14.4. The zero-order chi connectivity index (χ0) is 21.7. The Morgan fingerprint density at radius 3 is 2.57 bits per heavy atom. The van der Waals surface area contributed by atoms with Gasteiger partial charge in [-0.3, -0.25) is 14.4 Å². The Morgan fingerprint density at radius 2 is 1.93 bits per heavy atom. The van der Waals surface area contributed by atoms with Crippen LogP contribution in [0.3, 0.4) is 0 Å². The first kappa shape index (κ1) is 21.6. The van der Waals surface area contributed by atoms with Gasteiger partial charge in [-0.1, -0.05) is 12.1 Å². The molecule has 30 heavy (non-hydrogen) atoms. The maximum absolute atomic E-state index is 12.7. The average Bonchev–Trinajstić information content (AvgIpc) is 3.48. The summed E-state index contributed by atoms with van der Waals surface area (Å²) >= 11 is 1.29. The highest BCUT2D eigenvalue weighted by molar-refractivity contribution is 7.16. The molecule has 3 rings (SSSR count). The quantitative estimate of drug-likeness (QED) is 0.601. The molecule has 1 saturated carbocycles. The Bertz CT molecular complexity index is 938. The van der Waals surface area contributed by atoms with Crippen molar-refractivity contribution in [2.24, 2.45) is 5.73 Å². The minimum absolute atomic E-state index is 0.117. The van der Waals surface area contributed by atoms with Gasteiger partial charge in [-0.25, -0.2) is 0 Å². The van der Waals surface area contributed by atoms with E-state index in [9.17, 15) is 14.4 Å². The van der Waals surface area contributed by atoms with Crippen LogP contribution in [0.2, 0.25) is 0 Å². The third-order valence-corrected chi connectivity index (χ3v) is 5.65. The lowest BCUT2D eigenvalue weighted by Crippen LogP contribution is -2.38. The van der Waals surface area contributed by atoms with Crippen LogP contribution in [0.4, 0.5) is 5.00 Å². The molecule has 0 atom stereocenters. The summed E-state index contributed by atoms with van der Waals surface area (Å²) in [4.78, 5) is 39.1. The van der Waals surface area contributed by atoms with Gasteiger partial charge in [-0.2, -0.15) is 0 Å². The van der Waals surface area contributed by atoms with E-state index >= 15 is 0 Å². The number of carbonyl (C=O) groups is 3. The van der Waals surface area contributed by atoms with Crippen LogP contribution in [0.15, 0.2) is 30.3 Å². The van der Waals surface area contributed by atoms with Crippen LogP contribution in [0.5, 0.6) is 11.5 Å². The van der Waals surface area contributed by atoms with Crippen LogP contribution in [-0.2, 0) is 9.59 Å². The Labute approximate surface area is 178 Å². The molecule has 3 amide bonds. The number of nitrogens with one attached hydrogen (secondary N) is 1. The zero-order valence-corrected chi connectivity index (χ0v) is 17.8. The predicted molar refractivity (Wildman–Crippen MR) is 114 cm³/mol. The Morgan fingerprint density at radius 1 is 1.23 bits per heavy atom. The second kappa shape index (κ2) is 9.62. The number of hydrogen-bond acceptors (Lipinski definition) is 6. The topological polar surface area (TPSA) is 111 Å². The molecule has 0 saturated heterocycles. The van der Waals surface area contributed by atoms with Gasteiger partial charge < -0.3 is 25.4 Å². The molecule has 3 N–H and O–H groups in total. The number of nitrogens with zero attached hydrogens (tertiary/aromatic N) is 1. The number of aryl methyl sites for hydroxylation is 1. The summed E-state index contributed by atoms with van der Waals surface area (Å²) in [5.41, 5.74) is 5.65. The highest BCUT2D eigenvalue weighted by Gasteiger charge is 2.33. The number of thiophene rings is 1. The van der Waals surface area contributed by atoms with Gasteiger partial charge in [-0.05, 0) is 38.0 Å². The molecule has 1 aromatic heterocycles. The van der Waals surface area contributed by atoms with Crippen molar-refractivity contribution >= 4 is 34.1 Å². The molecule has 1 heterocycles. The first-order valence-corrected chi connectivity index (χ1v) is 10.5. The number of hydrogen-bond donors (Lipinski definition) is 2. The van der Waals surface area contributed by atoms with Crippen molar-refractivity contribution in [1.82, 2.24) is 4.90 Å². The number of methoxy groups -OCH3 is 1. The highest BCUT2D eigenvalue weighted by atomic mass is 32.1. The Kier molecular flexibility index (Phi) is 6.94. The van der Waals surface area contributed by atoms with Crippen LogP contribution in [0, 0.1) is 6.92 Å². The van der Waals surface area contributed by atoms with Gasteiger partial charge in [0.1, 0.15) is 5.00 Å². The number of primary amides is 1. The van der Waals surface area contributed by atoms with E-state index in [4.69, 9.17) is 15.2 Å². The average molecular weight is 432 g/mol. The monoisotopic (exact) mass is 431 g/mol. The van der Waals surface area contributed by atoms with Crippen LogP contribution in [0.1, 0.15) is 34.5 Å². The van der Waals surface area contributed by atoms with Gasteiger partial charge in [0.2, 0.25) is 5.91 Å². The molecule has 9 heteroatoms. The fourth-order valence-electron chi connectivity index (χ4n) is 3.06. The lowest BCUT2D eigenvalue weighted by Gasteiger charge is -2.22. The number of anilines is 1. The first-order valence-electron chi connectivity index (χ1n) is 9.64. The molecule has 0 radical (unpaired) electrons. The van der Waals surface area contributed by atoms with Crippen LogP contribution in [-0.4, -0.2) is 48.9 Å². The van der Waals surface area contributed by atoms with Crippen molar-refractivity contribution in [1.29, 1.82) is 0 Å². The molecule has 1 aromatic carbocycles. The van der Waals surface area contributed by atoms with E-state index < -0.39 is 5.91 Å². The second-order valence-electron chi connectivity index (χ2n) is 7.02. The van der Waals surface area contributed by atoms with Gasteiger partial charge in [0.25, 0.3) is 11.8 Å². The lowest BCUT2D eigenvalue weighted by molar-refractivity contribution is -0.134. The number of ether oxygens (including phenoxy) is 2. The van der Waals surface area contributed by atoms with Crippen molar-refractivity contribution in [3.05, 3.63) is 40.8 Å². The summed E-state index contributed by atoms with van der Waals surface area (Å²) < 4.78 is 10.9. The van der Waals surface area contributed by atoms with E-state index in [1.165, 1.54) is 18.4 Å². The number of para-hydroxylation sites is 2. The molecule has 160 valence electrons. The molecule has 1 aliphatic carbocycles. The highest BCUT2D eigenvalue weighted by Crippen LogP contribution is 2.30. The Balaban J connectivity index is 1.55. The minimum atomic E-state index is -0.585. The normalized spacial score (nSPS) is 12.9. The summed E-state index contributed by atoms with van der Waals surface area (Å²) in [5, 5.41) is 3.17. The molecule has 2 aromatic rings. The Hall–Kier alpha value is -3.07. The maximum Gasteiger partial charge on any atom is 0.260 e. The summed E-state index contributed by atoms with van der Waals surface area (Å²) in [6.07, 6.45) is 1.95. The second-order valence-corrected chi connectivity index (χ2v) is 8.28. The predicted octanol–water partition coefficient (Wildman–Crippen LogP) is 2.56. The molecule has 0 aliphatic heterocycles. The third-order valence-electron chi connectivity index (χ3n) is 4.68. The molecule has 0 bridgehead atoms. The van der Waals surface area contributed by atoms with Gasteiger partial charge in [0, 0.05) is 23.9 Å². The van der Waals surface area contributed by atoms with E-state index in [0.717, 1.165) is 17.7 Å². The fourth-order valence-corrected chi connectivity index (χ4v) is 3.99. The molecule has 0 unspecified atom stereocenters. The summed E-state index contributed by atoms with van der Waals surface area (Å²) in [6, 6.07) is 8.91. The molecule has 1 aliphatic rings. The molecular weight excluding hydrogens is 406 g/mol. The largest absolute Gasteiger partial charge is 0.493 e. The van der Waals surface area contributed by atoms with E-state index in [0.29, 0.717) is 22.1 Å². The summed E-state index contributed by atoms with van der Waals surface area (Å²) in [5.74, 6) is 0.00963. The minimum Gasteiger partial charge on any atom is -0.493 e. The molecule has 0 spiro atoms. The van der Waals surface area contributed by atoms with Gasteiger partial charge in [-0.15, -0.1) is 11.3 Å². The number of rotatable bonds is 10. The van der Waals surface area contributed by atoms with Crippen LogP contribution < -0.4 is 20.5 Å². The number of nitrogens with two attached hydrogens (primary N) is 1. The van der Waals surface area contributed by atoms with Gasteiger partial charge in [0.15, 0.2) is 18.1 Å². The summed E-state index contributed by atoms with van der Waals surface area (Å²) in [7, 11) is 1.54. The maximum atomic E-state index is 12.7. The van der Waals surface area contributed by atoms with Crippen molar-refractivity contribution in [3.63, 3.8) is 0 Å². The SMILES string of the molecule is COc1ccccc1OCC(=O)N(CCC(=O)Nc1sc(C)cc1C(N)=O)C1CC1. The summed E-state index contributed by atoms with van der Waals surface area (Å²) in [6.45, 7) is 1.98. The number of carbonyl (C=O) groups excluding carboxylic acids is 3. The fraction of sp³-hybridized carbons (Fsp3) is 0.381. The zero-order valence-electron chi connectivity index (χ0n) is 17.0. The standard InChI is InChI=1S/C21H25N3O5S/c1-13-11-15(20(22)27)21(30-13)23-18(25)9-10-24(14-7-8-14)19(26)12-29-17-6-4-3-5-16(17)28-2/h3-6,11,14H,7-10,12H2,1-2H3,(H2,22,27)(H,23,25). The number of benzene rings is 1. The van der Waals surface area contributed by atoms with Crippen molar-refractivity contribution in [3.8, 4) is 11.5 Å². The van der Waals surface area contributed by atoms with Crippen LogP contribution in [0.25, 0.3) is 0 Å². The van der Waals surface area contributed by atoms with E-state index in [2.05, 4.69) is 5.32 Å².